The van der Waals surface area contributed by atoms with E-state index in [4.69, 9.17) is 9.47 Å². The van der Waals surface area contributed by atoms with E-state index in [-0.39, 0.29) is 6.61 Å². The van der Waals surface area contributed by atoms with Gasteiger partial charge in [0.25, 0.3) is 0 Å². The van der Waals surface area contributed by atoms with Gasteiger partial charge in [-0.3, -0.25) is 0 Å². The molecule has 0 unspecified atom stereocenters. The van der Waals surface area contributed by atoms with Crippen LogP contribution in [0.1, 0.15) is 36.1 Å². The fourth-order valence-electron chi connectivity index (χ4n) is 3.53. The topological polar surface area (TPSA) is 120 Å². The SMILES string of the molecule is CCc1ccc(Cc2ccc(CO)cc2O[C@H]2O[C@](C)(CO)[C@@H](O)[C@H](O)[C@H]2O)cc1. The van der Waals surface area contributed by atoms with Crippen LogP contribution < -0.4 is 4.74 Å². The lowest BCUT2D eigenvalue weighted by molar-refractivity contribution is -0.313. The largest absolute Gasteiger partial charge is 0.462 e. The maximum Gasteiger partial charge on any atom is 0.229 e. The van der Waals surface area contributed by atoms with Crippen LogP contribution in [0, 0.1) is 0 Å². The highest BCUT2D eigenvalue weighted by Crippen LogP contribution is 2.33. The van der Waals surface area contributed by atoms with Crippen molar-refractivity contribution in [1.82, 2.24) is 0 Å². The first-order chi connectivity index (χ1) is 14.3. The molecule has 2 aromatic carbocycles. The molecule has 30 heavy (non-hydrogen) atoms. The first-order valence-corrected chi connectivity index (χ1v) is 10.1. The molecule has 1 fully saturated rings. The van der Waals surface area contributed by atoms with Crippen LogP contribution >= 0.6 is 0 Å². The van der Waals surface area contributed by atoms with Crippen molar-refractivity contribution in [3.05, 3.63) is 64.7 Å². The fraction of sp³-hybridized carbons (Fsp3) is 0.478. The smallest absolute Gasteiger partial charge is 0.229 e. The van der Waals surface area contributed by atoms with Crippen molar-refractivity contribution in [3.63, 3.8) is 0 Å². The third kappa shape index (κ3) is 4.67. The molecule has 0 saturated carbocycles. The summed E-state index contributed by atoms with van der Waals surface area (Å²) in [6.07, 6.45) is -4.35. The van der Waals surface area contributed by atoms with E-state index in [0.29, 0.717) is 17.7 Å². The zero-order chi connectivity index (χ0) is 21.9. The number of hydrogen-bond donors (Lipinski definition) is 5. The second-order valence-electron chi connectivity index (χ2n) is 7.95. The summed E-state index contributed by atoms with van der Waals surface area (Å²) >= 11 is 0. The average Bonchev–Trinajstić information content (AvgIpc) is 2.77. The summed E-state index contributed by atoms with van der Waals surface area (Å²) in [7, 11) is 0. The van der Waals surface area contributed by atoms with Gasteiger partial charge in [-0.1, -0.05) is 43.3 Å². The molecule has 7 heteroatoms. The molecule has 5 N–H and O–H groups in total. The first kappa shape index (κ1) is 22.7. The minimum Gasteiger partial charge on any atom is -0.462 e. The highest BCUT2D eigenvalue weighted by Gasteiger charge is 2.51. The molecule has 0 aromatic heterocycles. The molecule has 1 saturated heterocycles. The summed E-state index contributed by atoms with van der Waals surface area (Å²) in [4.78, 5) is 0. The number of aryl methyl sites for hydroxylation is 1. The van der Waals surface area contributed by atoms with Crippen LogP contribution in [0.25, 0.3) is 0 Å². The monoisotopic (exact) mass is 418 g/mol. The highest BCUT2D eigenvalue weighted by atomic mass is 16.7. The van der Waals surface area contributed by atoms with Gasteiger partial charge in [0, 0.05) is 6.42 Å². The standard InChI is InChI=1S/C23H30O7/c1-3-14-4-6-15(7-5-14)10-17-9-8-16(12-24)11-18(17)29-22-20(27)19(26)21(28)23(2,13-25)30-22/h4-9,11,19-22,24-28H,3,10,12-13H2,1-2H3/t19-,20-,21+,22+,23-/m1/s1. The van der Waals surface area contributed by atoms with Crippen molar-refractivity contribution in [1.29, 1.82) is 0 Å². The number of aliphatic hydroxyl groups excluding tert-OH is 5. The third-order valence-electron chi connectivity index (χ3n) is 5.66. The number of hydrogen-bond acceptors (Lipinski definition) is 7. The summed E-state index contributed by atoms with van der Waals surface area (Å²) in [5, 5.41) is 49.8. The Kier molecular flexibility index (Phi) is 7.13. The molecule has 0 spiro atoms. The van der Waals surface area contributed by atoms with Crippen molar-refractivity contribution in [2.24, 2.45) is 0 Å². The molecule has 1 aliphatic rings. The van der Waals surface area contributed by atoms with Gasteiger partial charge in [0.2, 0.25) is 6.29 Å². The van der Waals surface area contributed by atoms with Crippen molar-refractivity contribution in [2.45, 2.75) is 63.5 Å². The van der Waals surface area contributed by atoms with Crippen LogP contribution in [0.3, 0.4) is 0 Å². The minimum atomic E-state index is -1.55. The number of rotatable bonds is 7. The van der Waals surface area contributed by atoms with Crippen LogP contribution in [-0.4, -0.2) is 62.3 Å². The molecule has 164 valence electrons. The Morgan fingerprint density at radius 2 is 1.57 bits per heavy atom. The lowest BCUT2D eigenvalue weighted by Gasteiger charge is -2.45. The Morgan fingerprint density at radius 3 is 2.17 bits per heavy atom. The van der Waals surface area contributed by atoms with Gasteiger partial charge in [0.1, 0.15) is 29.7 Å². The Balaban J connectivity index is 1.88. The van der Waals surface area contributed by atoms with Gasteiger partial charge in [-0.15, -0.1) is 0 Å². The molecule has 3 rings (SSSR count). The lowest BCUT2D eigenvalue weighted by atomic mass is 9.89. The fourth-order valence-corrected chi connectivity index (χ4v) is 3.53. The molecule has 0 aliphatic carbocycles. The normalized spacial score (nSPS) is 29.0. The Labute approximate surface area is 176 Å². The number of aliphatic hydroxyl groups is 5. The van der Waals surface area contributed by atoms with Gasteiger partial charge in [-0.25, -0.2) is 0 Å². The highest BCUT2D eigenvalue weighted by molar-refractivity contribution is 5.41. The Hall–Kier alpha value is -2.00. The average molecular weight is 418 g/mol. The molecular formula is C23H30O7. The van der Waals surface area contributed by atoms with Crippen molar-refractivity contribution < 1.29 is 35.0 Å². The Morgan fingerprint density at radius 1 is 0.933 bits per heavy atom. The molecule has 0 radical (unpaired) electrons. The molecular weight excluding hydrogens is 388 g/mol. The summed E-state index contributed by atoms with van der Waals surface area (Å²) < 4.78 is 11.5. The molecule has 2 aromatic rings. The van der Waals surface area contributed by atoms with Gasteiger partial charge in [-0.2, -0.15) is 0 Å². The van der Waals surface area contributed by atoms with Crippen LogP contribution in [0.4, 0.5) is 0 Å². The molecule has 0 amide bonds. The maximum atomic E-state index is 10.4. The van der Waals surface area contributed by atoms with E-state index in [1.54, 1.807) is 12.1 Å². The second-order valence-corrected chi connectivity index (χ2v) is 7.95. The zero-order valence-corrected chi connectivity index (χ0v) is 17.2. The van der Waals surface area contributed by atoms with E-state index in [1.807, 2.05) is 18.2 Å². The van der Waals surface area contributed by atoms with E-state index in [1.165, 1.54) is 12.5 Å². The molecule has 1 aliphatic heterocycles. The predicted molar refractivity (Wildman–Crippen MR) is 110 cm³/mol. The van der Waals surface area contributed by atoms with Gasteiger partial charge < -0.3 is 35.0 Å². The van der Waals surface area contributed by atoms with Crippen molar-refractivity contribution >= 4 is 0 Å². The van der Waals surface area contributed by atoms with Gasteiger partial charge in [0.15, 0.2) is 0 Å². The second kappa shape index (κ2) is 9.43. The van der Waals surface area contributed by atoms with Crippen molar-refractivity contribution in [3.8, 4) is 5.75 Å². The quantitative estimate of drug-likeness (QED) is 0.453. The van der Waals surface area contributed by atoms with E-state index < -0.39 is 36.8 Å². The van der Waals surface area contributed by atoms with E-state index in [9.17, 15) is 25.5 Å². The van der Waals surface area contributed by atoms with Crippen LogP contribution in [0.2, 0.25) is 0 Å². The maximum absolute atomic E-state index is 10.4. The Bertz CT molecular complexity index is 838. The summed E-state index contributed by atoms with van der Waals surface area (Å²) in [5.74, 6) is 0.383. The van der Waals surface area contributed by atoms with E-state index >= 15 is 0 Å². The molecule has 0 bridgehead atoms. The summed E-state index contributed by atoms with van der Waals surface area (Å²) in [5.41, 5.74) is 2.23. The van der Waals surface area contributed by atoms with Gasteiger partial charge >= 0.3 is 0 Å². The first-order valence-electron chi connectivity index (χ1n) is 10.1. The van der Waals surface area contributed by atoms with E-state index in [0.717, 1.165) is 17.5 Å². The van der Waals surface area contributed by atoms with Crippen LogP contribution in [0.5, 0.6) is 5.75 Å². The lowest BCUT2D eigenvalue weighted by Crippen LogP contribution is -2.65. The third-order valence-corrected chi connectivity index (χ3v) is 5.66. The summed E-state index contributed by atoms with van der Waals surface area (Å²) in [6.45, 7) is 2.77. The summed E-state index contributed by atoms with van der Waals surface area (Å²) in [6, 6.07) is 13.5. The molecule has 5 atom stereocenters. The molecule has 7 nitrogen and oxygen atoms in total. The number of ether oxygens (including phenoxy) is 2. The van der Waals surface area contributed by atoms with Crippen LogP contribution in [0.15, 0.2) is 42.5 Å². The van der Waals surface area contributed by atoms with Gasteiger partial charge in [-0.05, 0) is 41.7 Å². The number of benzene rings is 2. The zero-order valence-electron chi connectivity index (χ0n) is 17.2. The molecule has 1 heterocycles. The predicted octanol–water partition coefficient (Wildman–Crippen LogP) is 0.901. The van der Waals surface area contributed by atoms with E-state index in [2.05, 4.69) is 19.1 Å². The van der Waals surface area contributed by atoms with Crippen LogP contribution in [-0.2, 0) is 24.2 Å². The minimum absolute atomic E-state index is 0.189. The van der Waals surface area contributed by atoms with Gasteiger partial charge in [0.05, 0.1) is 13.2 Å². The van der Waals surface area contributed by atoms with Crippen molar-refractivity contribution in [2.75, 3.05) is 6.61 Å².